The second-order valence-corrected chi connectivity index (χ2v) is 6.53. The molecule has 5 heteroatoms. The van der Waals surface area contributed by atoms with Gasteiger partial charge in [0.25, 0.3) is 5.91 Å². The number of rotatable bonds is 5. The van der Waals surface area contributed by atoms with Gasteiger partial charge >= 0.3 is 0 Å². The lowest BCUT2D eigenvalue weighted by Gasteiger charge is -2.31. The molecule has 0 spiro atoms. The SMILES string of the molecule is CCN(C(=O)c1cc(C)no1)[C@H](c1cccnc1)c1cc(C)cc(C)c1. The summed E-state index contributed by atoms with van der Waals surface area (Å²) in [6.45, 7) is 8.43. The van der Waals surface area contributed by atoms with Crippen LogP contribution < -0.4 is 0 Å². The zero-order valence-corrected chi connectivity index (χ0v) is 15.6. The molecule has 2 heterocycles. The van der Waals surface area contributed by atoms with Crippen LogP contribution in [-0.4, -0.2) is 27.5 Å². The molecule has 0 bridgehead atoms. The van der Waals surface area contributed by atoms with Crippen molar-refractivity contribution in [3.8, 4) is 0 Å². The number of aromatic nitrogens is 2. The summed E-state index contributed by atoms with van der Waals surface area (Å²) in [4.78, 5) is 19.2. The fraction of sp³-hybridized carbons (Fsp3) is 0.286. The van der Waals surface area contributed by atoms with Gasteiger partial charge in [0.15, 0.2) is 0 Å². The van der Waals surface area contributed by atoms with Crippen LogP contribution in [0.1, 0.15) is 51.5 Å². The first-order valence-electron chi connectivity index (χ1n) is 8.72. The molecule has 0 unspecified atom stereocenters. The van der Waals surface area contributed by atoms with E-state index in [2.05, 4.69) is 42.2 Å². The molecule has 0 aliphatic carbocycles. The number of hydrogen-bond acceptors (Lipinski definition) is 4. The molecule has 2 aromatic heterocycles. The van der Waals surface area contributed by atoms with Crippen LogP contribution in [0.4, 0.5) is 0 Å². The molecule has 0 aliphatic rings. The minimum Gasteiger partial charge on any atom is -0.351 e. The minimum atomic E-state index is -0.245. The van der Waals surface area contributed by atoms with Crippen molar-refractivity contribution >= 4 is 5.91 Å². The highest BCUT2D eigenvalue weighted by molar-refractivity contribution is 5.92. The highest BCUT2D eigenvalue weighted by atomic mass is 16.5. The molecular weight excluding hydrogens is 326 g/mol. The fourth-order valence-corrected chi connectivity index (χ4v) is 3.31. The second-order valence-electron chi connectivity index (χ2n) is 6.53. The summed E-state index contributed by atoms with van der Waals surface area (Å²) in [6.07, 6.45) is 3.55. The summed E-state index contributed by atoms with van der Waals surface area (Å²) >= 11 is 0. The Bertz CT molecular complexity index is 882. The fourth-order valence-electron chi connectivity index (χ4n) is 3.31. The van der Waals surface area contributed by atoms with Crippen LogP contribution in [0.2, 0.25) is 0 Å². The van der Waals surface area contributed by atoms with Gasteiger partial charge in [0, 0.05) is 25.0 Å². The first-order chi connectivity index (χ1) is 12.5. The van der Waals surface area contributed by atoms with Crippen molar-refractivity contribution in [1.29, 1.82) is 0 Å². The van der Waals surface area contributed by atoms with Crippen LogP contribution >= 0.6 is 0 Å². The largest absolute Gasteiger partial charge is 0.351 e. The van der Waals surface area contributed by atoms with Crippen molar-refractivity contribution in [2.45, 2.75) is 33.7 Å². The Morgan fingerprint density at radius 1 is 1.12 bits per heavy atom. The lowest BCUT2D eigenvalue weighted by atomic mass is 9.95. The van der Waals surface area contributed by atoms with E-state index in [9.17, 15) is 4.79 Å². The molecule has 1 atom stereocenters. The number of carbonyl (C=O) groups excluding carboxylic acids is 1. The van der Waals surface area contributed by atoms with E-state index in [4.69, 9.17) is 4.52 Å². The molecule has 3 aromatic rings. The molecule has 0 saturated carbocycles. The van der Waals surface area contributed by atoms with E-state index in [-0.39, 0.29) is 17.7 Å². The Morgan fingerprint density at radius 2 is 1.85 bits per heavy atom. The van der Waals surface area contributed by atoms with Gasteiger partial charge in [-0.05, 0) is 44.9 Å². The van der Waals surface area contributed by atoms with Crippen molar-refractivity contribution in [3.05, 3.63) is 82.5 Å². The molecule has 26 heavy (non-hydrogen) atoms. The van der Waals surface area contributed by atoms with Crippen molar-refractivity contribution in [1.82, 2.24) is 15.0 Å². The van der Waals surface area contributed by atoms with E-state index in [0.717, 1.165) is 22.3 Å². The molecule has 0 fully saturated rings. The number of nitrogens with zero attached hydrogens (tertiary/aromatic N) is 3. The molecule has 1 amide bonds. The number of aryl methyl sites for hydroxylation is 3. The number of benzene rings is 1. The maximum atomic E-state index is 13.1. The van der Waals surface area contributed by atoms with Gasteiger partial charge in [0.05, 0.1) is 11.7 Å². The average Bonchev–Trinajstić information content (AvgIpc) is 3.05. The second kappa shape index (κ2) is 7.52. The van der Waals surface area contributed by atoms with E-state index in [1.807, 2.05) is 25.3 Å². The van der Waals surface area contributed by atoms with Gasteiger partial charge in [-0.15, -0.1) is 0 Å². The van der Waals surface area contributed by atoms with E-state index in [0.29, 0.717) is 12.2 Å². The van der Waals surface area contributed by atoms with Crippen LogP contribution in [-0.2, 0) is 0 Å². The third kappa shape index (κ3) is 3.67. The number of hydrogen-bond donors (Lipinski definition) is 0. The number of pyridine rings is 1. The van der Waals surface area contributed by atoms with Gasteiger partial charge in [-0.3, -0.25) is 9.78 Å². The van der Waals surface area contributed by atoms with Crippen molar-refractivity contribution < 1.29 is 9.32 Å². The van der Waals surface area contributed by atoms with Crippen LogP contribution in [0.25, 0.3) is 0 Å². The Hall–Kier alpha value is -2.95. The van der Waals surface area contributed by atoms with Gasteiger partial charge < -0.3 is 9.42 Å². The van der Waals surface area contributed by atoms with Gasteiger partial charge in [0.1, 0.15) is 0 Å². The van der Waals surface area contributed by atoms with Crippen molar-refractivity contribution in [2.75, 3.05) is 6.54 Å². The average molecular weight is 349 g/mol. The summed E-state index contributed by atoms with van der Waals surface area (Å²) in [5, 5.41) is 3.85. The maximum Gasteiger partial charge on any atom is 0.293 e. The third-order valence-corrected chi connectivity index (χ3v) is 4.31. The summed E-state index contributed by atoms with van der Waals surface area (Å²) in [7, 11) is 0. The van der Waals surface area contributed by atoms with Crippen LogP contribution in [0, 0.1) is 20.8 Å². The van der Waals surface area contributed by atoms with Crippen molar-refractivity contribution in [3.63, 3.8) is 0 Å². The molecule has 0 aliphatic heterocycles. The van der Waals surface area contributed by atoms with Gasteiger partial charge in [0.2, 0.25) is 5.76 Å². The highest BCUT2D eigenvalue weighted by Gasteiger charge is 2.29. The topological polar surface area (TPSA) is 59.2 Å². The van der Waals surface area contributed by atoms with Crippen LogP contribution in [0.3, 0.4) is 0 Å². The maximum absolute atomic E-state index is 13.1. The van der Waals surface area contributed by atoms with E-state index >= 15 is 0 Å². The molecule has 3 rings (SSSR count). The van der Waals surface area contributed by atoms with Crippen molar-refractivity contribution in [2.24, 2.45) is 0 Å². The molecule has 0 saturated heterocycles. The van der Waals surface area contributed by atoms with Crippen LogP contribution in [0.15, 0.2) is 53.3 Å². The summed E-state index contributed by atoms with van der Waals surface area (Å²) in [5.41, 5.74) is 5.03. The number of carbonyl (C=O) groups is 1. The van der Waals surface area contributed by atoms with E-state index in [1.165, 1.54) is 0 Å². The third-order valence-electron chi connectivity index (χ3n) is 4.31. The predicted octanol–water partition coefficient (Wildman–Crippen LogP) is 4.25. The molecule has 0 radical (unpaired) electrons. The molecule has 0 N–H and O–H groups in total. The summed E-state index contributed by atoms with van der Waals surface area (Å²) < 4.78 is 5.22. The Kier molecular flexibility index (Phi) is 5.16. The molecule has 1 aromatic carbocycles. The summed E-state index contributed by atoms with van der Waals surface area (Å²) in [5.74, 6) is 0.0729. The first-order valence-corrected chi connectivity index (χ1v) is 8.72. The highest BCUT2D eigenvalue weighted by Crippen LogP contribution is 2.31. The van der Waals surface area contributed by atoms with Gasteiger partial charge in [-0.2, -0.15) is 0 Å². The lowest BCUT2D eigenvalue weighted by molar-refractivity contribution is 0.0674. The first kappa shape index (κ1) is 17.9. The monoisotopic (exact) mass is 349 g/mol. The predicted molar refractivity (Wildman–Crippen MR) is 99.9 cm³/mol. The zero-order valence-electron chi connectivity index (χ0n) is 15.6. The van der Waals surface area contributed by atoms with E-state index in [1.54, 1.807) is 24.1 Å². The Morgan fingerprint density at radius 3 is 2.38 bits per heavy atom. The molecule has 5 nitrogen and oxygen atoms in total. The Balaban J connectivity index is 2.10. The Labute approximate surface area is 153 Å². The van der Waals surface area contributed by atoms with E-state index < -0.39 is 0 Å². The normalized spacial score (nSPS) is 12.0. The quantitative estimate of drug-likeness (QED) is 0.691. The van der Waals surface area contributed by atoms with Gasteiger partial charge in [-0.25, -0.2) is 0 Å². The molecule has 134 valence electrons. The zero-order chi connectivity index (χ0) is 18.7. The van der Waals surface area contributed by atoms with Crippen LogP contribution in [0.5, 0.6) is 0 Å². The minimum absolute atomic E-state index is 0.180. The lowest BCUT2D eigenvalue weighted by Crippen LogP contribution is -2.35. The van der Waals surface area contributed by atoms with Gasteiger partial charge in [-0.1, -0.05) is 40.5 Å². The smallest absolute Gasteiger partial charge is 0.293 e. The molecular formula is C21H23N3O2. The number of amides is 1. The standard InChI is InChI=1S/C21H23N3O2/c1-5-24(21(25)19-12-16(4)23-26-19)20(17-7-6-8-22-13-17)18-10-14(2)9-15(3)11-18/h6-13,20H,5H2,1-4H3/t20-/m1/s1. The summed E-state index contributed by atoms with van der Waals surface area (Å²) in [6, 6.07) is 11.7.